The van der Waals surface area contributed by atoms with Crippen LogP contribution in [0.5, 0.6) is 0 Å². The van der Waals surface area contributed by atoms with Crippen molar-refractivity contribution in [2.75, 3.05) is 24.2 Å². The molecule has 0 aliphatic heterocycles. The predicted octanol–water partition coefficient (Wildman–Crippen LogP) is 1.42. The number of hydrogen-bond acceptors (Lipinski definition) is 9. The summed E-state index contributed by atoms with van der Waals surface area (Å²) in [5.41, 5.74) is 6.20. The van der Waals surface area contributed by atoms with Crippen molar-refractivity contribution in [3.63, 3.8) is 0 Å². The lowest BCUT2D eigenvalue weighted by molar-refractivity contribution is 0.0533. The van der Waals surface area contributed by atoms with E-state index in [1.54, 1.807) is 6.92 Å². The van der Waals surface area contributed by atoms with Crippen molar-refractivity contribution in [2.24, 2.45) is 0 Å². The molecule has 0 bridgehead atoms. The number of nitrogen functional groups attached to an aromatic ring is 1. The van der Waals surface area contributed by atoms with Crippen LogP contribution in [0.2, 0.25) is 0 Å². The molecule has 2 aromatic rings. The molecule has 0 unspecified atom stereocenters. The van der Waals surface area contributed by atoms with Crippen LogP contribution in [0.25, 0.3) is 0 Å². The monoisotopic (exact) mass is 307 g/mol. The lowest BCUT2D eigenvalue weighted by Gasteiger charge is -2.01. The van der Waals surface area contributed by atoms with Crippen LogP contribution in [-0.2, 0) is 11.2 Å². The Labute approximate surface area is 124 Å². The number of nitrogens with two attached hydrogens (primary N) is 1. The fraction of sp³-hybridized carbons (Fsp3) is 0.333. The van der Waals surface area contributed by atoms with Crippen molar-refractivity contribution in [1.82, 2.24) is 10.1 Å². The molecule has 0 saturated heterocycles. The Kier molecular flexibility index (Phi) is 4.73. The Morgan fingerprint density at radius 1 is 1.67 bits per heavy atom. The van der Waals surface area contributed by atoms with Gasteiger partial charge in [-0.2, -0.15) is 10.2 Å². The van der Waals surface area contributed by atoms with Gasteiger partial charge in [0.1, 0.15) is 21.5 Å². The SMILES string of the molecule is CCOC(=O)c1sc(NCCc2ncno2)c(C#N)c1N. The van der Waals surface area contributed by atoms with E-state index in [0.29, 0.717) is 23.9 Å². The van der Waals surface area contributed by atoms with Gasteiger partial charge in [-0.3, -0.25) is 0 Å². The van der Waals surface area contributed by atoms with Gasteiger partial charge in [-0.05, 0) is 6.92 Å². The molecule has 0 spiro atoms. The first-order valence-corrected chi connectivity index (χ1v) is 6.97. The fourth-order valence-electron chi connectivity index (χ4n) is 1.62. The first-order valence-electron chi connectivity index (χ1n) is 6.16. The van der Waals surface area contributed by atoms with Crippen LogP contribution in [0, 0.1) is 11.3 Å². The second kappa shape index (κ2) is 6.71. The predicted molar refractivity (Wildman–Crippen MR) is 75.9 cm³/mol. The van der Waals surface area contributed by atoms with E-state index in [0.717, 1.165) is 11.3 Å². The molecule has 0 radical (unpaired) electrons. The molecular weight excluding hydrogens is 294 g/mol. The summed E-state index contributed by atoms with van der Waals surface area (Å²) in [5.74, 6) is -0.0439. The number of esters is 1. The molecule has 0 aromatic carbocycles. The minimum Gasteiger partial charge on any atom is -0.462 e. The summed E-state index contributed by atoms with van der Waals surface area (Å²) >= 11 is 1.10. The van der Waals surface area contributed by atoms with Gasteiger partial charge in [-0.25, -0.2) is 4.79 Å². The van der Waals surface area contributed by atoms with E-state index in [-0.39, 0.29) is 22.7 Å². The van der Waals surface area contributed by atoms with Gasteiger partial charge in [0.25, 0.3) is 0 Å². The number of anilines is 2. The van der Waals surface area contributed by atoms with Crippen molar-refractivity contribution in [2.45, 2.75) is 13.3 Å². The highest BCUT2D eigenvalue weighted by molar-refractivity contribution is 7.18. The summed E-state index contributed by atoms with van der Waals surface area (Å²) < 4.78 is 9.77. The molecule has 0 amide bonds. The molecule has 0 fully saturated rings. The maximum absolute atomic E-state index is 11.7. The van der Waals surface area contributed by atoms with E-state index in [1.807, 2.05) is 6.07 Å². The Bertz CT molecular complexity index is 659. The molecule has 3 N–H and O–H groups in total. The molecule has 8 nitrogen and oxygen atoms in total. The zero-order chi connectivity index (χ0) is 15.2. The number of nitriles is 1. The molecule has 21 heavy (non-hydrogen) atoms. The second-order valence-corrected chi connectivity index (χ2v) is 4.91. The third-order valence-corrected chi connectivity index (χ3v) is 3.69. The normalized spacial score (nSPS) is 10.1. The molecule has 2 heterocycles. The molecule has 0 atom stereocenters. The molecule has 0 saturated carbocycles. The number of carbonyl (C=O) groups excluding carboxylic acids is 1. The third-order valence-electron chi connectivity index (χ3n) is 2.55. The Balaban J connectivity index is 2.10. The quantitative estimate of drug-likeness (QED) is 0.767. The topological polar surface area (TPSA) is 127 Å². The van der Waals surface area contributed by atoms with Crippen LogP contribution in [0.4, 0.5) is 10.7 Å². The Hall–Kier alpha value is -2.60. The van der Waals surface area contributed by atoms with Crippen LogP contribution >= 0.6 is 11.3 Å². The lowest BCUT2D eigenvalue weighted by atomic mass is 10.2. The average Bonchev–Trinajstić information content (AvgIpc) is 3.07. The first-order chi connectivity index (χ1) is 10.2. The molecular formula is C12H13N5O3S. The third kappa shape index (κ3) is 3.29. The van der Waals surface area contributed by atoms with E-state index in [9.17, 15) is 4.79 Å². The average molecular weight is 307 g/mol. The zero-order valence-electron chi connectivity index (χ0n) is 11.3. The van der Waals surface area contributed by atoms with Crippen molar-refractivity contribution >= 4 is 28.0 Å². The van der Waals surface area contributed by atoms with E-state index in [1.165, 1.54) is 6.33 Å². The van der Waals surface area contributed by atoms with E-state index in [4.69, 9.17) is 20.3 Å². The maximum atomic E-state index is 11.7. The molecule has 0 aliphatic carbocycles. The van der Waals surface area contributed by atoms with Crippen LogP contribution in [-0.4, -0.2) is 29.3 Å². The van der Waals surface area contributed by atoms with E-state index in [2.05, 4.69) is 15.5 Å². The van der Waals surface area contributed by atoms with Gasteiger partial charge in [0.05, 0.1) is 12.3 Å². The van der Waals surface area contributed by atoms with Crippen LogP contribution in [0.1, 0.15) is 28.0 Å². The standard InChI is InChI=1S/C12H13N5O3S/c1-2-19-12(18)10-9(14)7(5-13)11(21-10)15-4-3-8-16-6-17-20-8/h6,15H,2-4,14H2,1H3. The fourth-order valence-corrected chi connectivity index (χ4v) is 2.61. The highest BCUT2D eigenvalue weighted by Crippen LogP contribution is 2.35. The Morgan fingerprint density at radius 2 is 2.48 bits per heavy atom. The molecule has 2 aromatic heterocycles. The number of aromatic nitrogens is 2. The first kappa shape index (κ1) is 14.8. The molecule has 110 valence electrons. The number of thiophene rings is 1. The van der Waals surface area contributed by atoms with Crippen LogP contribution in [0.3, 0.4) is 0 Å². The summed E-state index contributed by atoms with van der Waals surface area (Å²) in [7, 11) is 0. The van der Waals surface area contributed by atoms with E-state index >= 15 is 0 Å². The minimum absolute atomic E-state index is 0.140. The molecule has 2 rings (SSSR count). The molecule has 0 aliphatic rings. The van der Waals surface area contributed by atoms with E-state index < -0.39 is 5.97 Å². The van der Waals surface area contributed by atoms with Crippen molar-refractivity contribution in [1.29, 1.82) is 5.26 Å². The van der Waals surface area contributed by atoms with Gasteiger partial charge in [-0.1, -0.05) is 5.16 Å². The van der Waals surface area contributed by atoms with Gasteiger partial charge in [-0.15, -0.1) is 11.3 Å². The van der Waals surface area contributed by atoms with Crippen LogP contribution in [0.15, 0.2) is 10.9 Å². The van der Waals surface area contributed by atoms with Crippen molar-refractivity contribution in [3.05, 3.63) is 22.7 Å². The summed E-state index contributed by atoms with van der Waals surface area (Å²) in [5, 5.41) is 16.2. The highest BCUT2D eigenvalue weighted by Gasteiger charge is 2.21. The van der Waals surface area contributed by atoms with Crippen molar-refractivity contribution < 1.29 is 14.1 Å². The van der Waals surface area contributed by atoms with Gasteiger partial charge in [0.2, 0.25) is 5.89 Å². The summed E-state index contributed by atoms with van der Waals surface area (Å²) in [6.45, 7) is 2.42. The van der Waals surface area contributed by atoms with Gasteiger partial charge < -0.3 is 20.3 Å². The second-order valence-electron chi connectivity index (χ2n) is 3.89. The van der Waals surface area contributed by atoms with Crippen molar-refractivity contribution in [3.8, 4) is 6.07 Å². The number of hydrogen-bond donors (Lipinski definition) is 2. The van der Waals surface area contributed by atoms with Crippen LogP contribution < -0.4 is 11.1 Å². The summed E-state index contributed by atoms with van der Waals surface area (Å²) in [6, 6.07) is 1.99. The lowest BCUT2D eigenvalue weighted by Crippen LogP contribution is -2.05. The van der Waals surface area contributed by atoms with Gasteiger partial charge >= 0.3 is 5.97 Å². The van der Waals surface area contributed by atoms with Gasteiger partial charge in [0, 0.05) is 13.0 Å². The maximum Gasteiger partial charge on any atom is 0.350 e. The summed E-state index contributed by atoms with van der Waals surface area (Å²) in [4.78, 5) is 15.9. The number of nitrogens with zero attached hydrogens (tertiary/aromatic N) is 3. The number of ether oxygens (including phenoxy) is 1. The summed E-state index contributed by atoms with van der Waals surface area (Å²) in [6.07, 6.45) is 1.81. The highest BCUT2D eigenvalue weighted by atomic mass is 32.1. The minimum atomic E-state index is -0.526. The Morgan fingerprint density at radius 3 is 3.10 bits per heavy atom. The largest absolute Gasteiger partial charge is 0.462 e. The number of nitrogens with one attached hydrogen (secondary N) is 1. The molecule has 9 heteroatoms. The van der Waals surface area contributed by atoms with Gasteiger partial charge in [0.15, 0.2) is 6.33 Å². The number of rotatable bonds is 6. The zero-order valence-corrected chi connectivity index (χ0v) is 12.1. The smallest absolute Gasteiger partial charge is 0.350 e. The number of carbonyl (C=O) groups is 1.